The summed E-state index contributed by atoms with van der Waals surface area (Å²) in [6.07, 6.45) is 5.91. The number of imidazole rings is 1. The Morgan fingerprint density at radius 3 is 2.54 bits per heavy atom. The van der Waals surface area contributed by atoms with E-state index in [9.17, 15) is 4.79 Å². The summed E-state index contributed by atoms with van der Waals surface area (Å²) in [4.78, 5) is 18.7. The summed E-state index contributed by atoms with van der Waals surface area (Å²) in [5.41, 5.74) is 3.61. The van der Waals surface area contributed by atoms with E-state index >= 15 is 0 Å². The van der Waals surface area contributed by atoms with Crippen molar-refractivity contribution in [2.75, 3.05) is 13.6 Å². The SMILES string of the molecule is Cc1ccccc1[C@H](CC(=O)N(C)CCn1ccnc1)c1ccccc1. The molecule has 0 aliphatic rings. The number of hydrogen-bond donors (Lipinski definition) is 0. The van der Waals surface area contributed by atoms with Crippen LogP contribution in [0, 0.1) is 6.92 Å². The number of carbonyl (C=O) groups excluding carboxylic acids is 1. The summed E-state index contributed by atoms with van der Waals surface area (Å²) in [5.74, 6) is 0.225. The van der Waals surface area contributed by atoms with E-state index in [-0.39, 0.29) is 11.8 Å². The quantitative estimate of drug-likeness (QED) is 0.651. The Morgan fingerprint density at radius 1 is 1.12 bits per heavy atom. The number of nitrogens with zero attached hydrogens (tertiary/aromatic N) is 3. The van der Waals surface area contributed by atoms with Crippen molar-refractivity contribution in [3.8, 4) is 0 Å². The van der Waals surface area contributed by atoms with Crippen LogP contribution >= 0.6 is 0 Å². The zero-order valence-electron chi connectivity index (χ0n) is 15.4. The van der Waals surface area contributed by atoms with Gasteiger partial charge in [0.2, 0.25) is 5.91 Å². The number of likely N-dealkylation sites (N-methyl/N-ethyl adjacent to an activating group) is 1. The van der Waals surface area contributed by atoms with Crippen molar-refractivity contribution in [3.05, 3.63) is 90.0 Å². The molecular formula is C22H25N3O. The maximum atomic E-state index is 12.9. The van der Waals surface area contributed by atoms with Crippen LogP contribution in [0.4, 0.5) is 0 Å². The molecule has 134 valence electrons. The van der Waals surface area contributed by atoms with Crippen LogP contribution in [0.3, 0.4) is 0 Å². The third kappa shape index (κ3) is 4.39. The fourth-order valence-corrected chi connectivity index (χ4v) is 3.21. The van der Waals surface area contributed by atoms with Gasteiger partial charge in [0.05, 0.1) is 6.33 Å². The molecule has 0 saturated carbocycles. The summed E-state index contributed by atoms with van der Waals surface area (Å²) in [7, 11) is 1.87. The first-order valence-corrected chi connectivity index (χ1v) is 8.95. The van der Waals surface area contributed by atoms with Gasteiger partial charge in [-0.1, -0.05) is 54.6 Å². The highest BCUT2D eigenvalue weighted by Gasteiger charge is 2.21. The molecule has 0 saturated heterocycles. The van der Waals surface area contributed by atoms with Gasteiger partial charge < -0.3 is 9.47 Å². The monoisotopic (exact) mass is 347 g/mol. The third-order valence-corrected chi connectivity index (χ3v) is 4.82. The molecule has 3 aromatic rings. The van der Waals surface area contributed by atoms with Crippen molar-refractivity contribution < 1.29 is 4.79 Å². The van der Waals surface area contributed by atoms with E-state index in [0.29, 0.717) is 13.0 Å². The highest BCUT2D eigenvalue weighted by Crippen LogP contribution is 2.30. The van der Waals surface area contributed by atoms with Crippen LogP contribution < -0.4 is 0 Å². The average molecular weight is 347 g/mol. The Morgan fingerprint density at radius 2 is 1.85 bits per heavy atom. The normalized spacial score (nSPS) is 11.9. The second kappa shape index (κ2) is 8.48. The Bertz CT molecular complexity index is 828. The van der Waals surface area contributed by atoms with Crippen LogP contribution in [0.5, 0.6) is 0 Å². The molecule has 26 heavy (non-hydrogen) atoms. The van der Waals surface area contributed by atoms with Crippen molar-refractivity contribution in [2.24, 2.45) is 0 Å². The molecule has 1 heterocycles. The molecule has 0 spiro atoms. The van der Waals surface area contributed by atoms with Crippen LogP contribution in [0.1, 0.15) is 29.0 Å². The van der Waals surface area contributed by atoms with E-state index in [1.807, 2.05) is 53.0 Å². The number of aryl methyl sites for hydroxylation is 1. The predicted molar refractivity (Wildman–Crippen MR) is 104 cm³/mol. The van der Waals surface area contributed by atoms with Crippen LogP contribution in [0.25, 0.3) is 0 Å². The highest BCUT2D eigenvalue weighted by molar-refractivity contribution is 5.77. The molecule has 0 unspecified atom stereocenters. The molecule has 0 aliphatic carbocycles. The maximum Gasteiger partial charge on any atom is 0.223 e. The van der Waals surface area contributed by atoms with E-state index in [2.05, 4.69) is 36.2 Å². The second-order valence-electron chi connectivity index (χ2n) is 6.64. The highest BCUT2D eigenvalue weighted by atomic mass is 16.2. The Hall–Kier alpha value is -2.88. The van der Waals surface area contributed by atoms with E-state index in [0.717, 1.165) is 6.54 Å². The van der Waals surface area contributed by atoms with Crippen molar-refractivity contribution >= 4 is 5.91 Å². The van der Waals surface area contributed by atoms with Gasteiger partial charge in [-0.15, -0.1) is 0 Å². The largest absolute Gasteiger partial charge is 0.344 e. The average Bonchev–Trinajstić information content (AvgIpc) is 3.19. The molecule has 0 fully saturated rings. The minimum Gasteiger partial charge on any atom is -0.344 e. The van der Waals surface area contributed by atoms with Gasteiger partial charge in [-0.3, -0.25) is 4.79 Å². The summed E-state index contributed by atoms with van der Waals surface area (Å²) >= 11 is 0. The lowest BCUT2D eigenvalue weighted by molar-refractivity contribution is -0.130. The lowest BCUT2D eigenvalue weighted by atomic mass is 9.86. The summed E-state index contributed by atoms with van der Waals surface area (Å²) < 4.78 is 1.99. The number of rotatable bonds is 7. The van der Waals surface area contributed by atoms with Gasteiger partial charge in [0.1, 0.15) is 0 Å². The van der Waals surface area contributed by atoms with E-state index < -0.39 is 0 Å². The minimum atomic E-state index is 0.0700. The molecule has 1 amide bonds. The maximum absolute atomic E-state index is 12.9. The van der Waals surface area contributed by atoms with Gasteiger partial charge in [-0.2, -0.15) is 0 Å². The van der Waals surface area contributed by atoms with Gasteiger partial charge in [-0.25, -0.2) is 4.98 Å². The third-order valence-electron chi connectivity index (χ3n) is 4.82. The molecule has 0 aliphatic heterocycles. The summed E-state index contributed by atoms with van der Waals surface area (Å²) in [6, 6.07) is 18.6. The smallest absolute Gasteiger partial charge is 0.223 e. The molecule has 4 heteroatoms. The first-order chi connectivity index (χ1) is 12.6. The molecule has 0 radical (unpaired) electrons. The lowest BCUT2D eigenvalue weighted by Gasteiger charge is -2.23. The number of aromatic nitrogens is 2. The lowest BCUT2D eigenvalue weighted by Crippen LogP contribution is -2.31. The zero-order valence-corrected chi connectivity index (χ0v) is 15.4. The van der Waals surface area contributed by atoms with Gasteiger partial charge in [-0.05, 0) is 23.6 Å². The first-order valence-electron chi connectivity index (χ1n) is 8.95. The predicted octanol–water partition coefficient (Wildman–Crippen LogP) is 3.87. The standard InChI is InChI=1S/C22H25N3O/c1-18-8-6-7-11-20(18)21(19-9-4-3-5-10-19)16-22(26)24(2)14-15-25-13-12-23-17-25/h3-13,17,21H,14-16H2,1-2H3/t21-/m1/s1. The Kier molecular flexibility index (Phi) is 5.84. The van der Waals surface area contributed by atoms with E-state index in [1.165, 1.54) is 16.7 Å². The van der Waals surface area contributed by atoms with E-state index in [4.69, 9.17) is 0 Å². The molecule has 0 N–H and O–H groups in total. The summed E-state index contributed by atoms with van der Waals surface area (Å²) in [5, 5.41) is 0. The van der Waals surface area contributed by atoms with Crippen molar-refractivity contribution in [1.82, 2.24) is 14.5 Å². The fourth-order valence-electron chi connectivity index (χ4n) is 3.21. The van der Waals surface area contributed by atoms with Gasteiger partial charge in [0.15, 0.2) is 0 Å². The van der Waals surface area contributed by atoms with Crippen LogP contribution in [-0.4, -0.2) is 34.0 Å². The van der Waals surface area contributed by atoms with Gasteiger partial charge >= 0.3 is 0 Å². The number of benzene rings is 2. The molecule has 0 bridgehead atoms. The van der Waals surface area contributed by atoms with Crippen molar-refractivity contribution in [1.29, 1.82) is 0 Å². The Labute approximate surface area is 155 Å². The van der Waals surface area contributed by atoms with Crippen LogP contribution in [0.2, 0.25) is 0 Å². The van der Waals surface area contributed by atoms with Gasteiger partial charge in [0, 0.05) is 44.9 Å². The minimum absolute atomic E-state index is 0.0700. The molecule has 2 aromatic carbocycles. The van der Waals surface area contributed by atoms with Crippen molar-refractivity contribution in [2.45, 2.75) is 25.8 Å². The summed E-state index contributed by atoms with van der Waals surface area (Å²) in [6.45, 7) is 3.53. The number of hydrogen-bond acceptors (Lipinski definition) is 2. The van der Waals surface area contributed by atoms with Crippen molar-refractivity contribution in [3.63, 3.8) is 0 Å². The number of amides is 1. The first kappa shape index (κ1) is 17.9. The Balaban J connectivity index is 1.75. The molecule has 4 nitrogen and oxygen atoms in total. The van der Waals surface area contributed by atoms with E-state index in [1.54, 1.807) is 12.5 Å². The van der Waals surface area contributed by atoms with Gasteiger partial charge in [0.25, 0.3) is 0 Å². The van der Waals surface area contributed by atoms with Crippen LogP contribution in [0.15, 0.2) is 73.3 Å². The molecule has 1 atom stereocenters. The number of carbonyl (C=O) groups is 1. The zero-order chi connectivity index (χ0) is 18.4. The fraction of sp³-hybridized carbons (Fsp3) is 0.273. The molecule has 1 aromatic heterocycles. The second-order valence-corrected chi connectivity index (χ2v) is 6.64. The van der Waals surface area contributed by atoms with Crippen LogP contribution in [-0.2, 0) is 11.3 Å². The topological polar surface area (TPSA) is 38.1 Å². The molecule has 3 rings (SSSR count). The molecular weight excluding hydrogens is 322 g/mol.